The minimum absolute atomic E-state index is 0.189. The summed E-state index contributed by atoms with van der Waals surface area (Å²) in [4.78, 5) is 0. The van der Waals surface area contributed by atoms with Gasteiger partial charge in [-0.05, 0) is 39.3 Å². The molecule has 0 saturated carbocycles. The van der Waals surface area contributed by atoms with E-state index in [4.69, 9.17) is 4.74 Å². The minimum atomic E-state index is -0.444. The molecule has 3 nitrogen and oxygen atoms in total. The van der Waals surface area contributed by atoms with Crippen molar-refractivity contribution < 1.29 is 9.84 Å². The van der Waals surface area contributed by atoms with E-state index in [0.29, 0.717) is 13.2 Å². The first-order chi connectivity index (χ1) is 8.47. The molecule has 2 N–H and O–H groups in total. The smallest absolute Gasteiger partial charge is 0.0897 e. The van der Waals surface area contributed by atoms with Crippen LogP contribution in [0.2, 0.25) is 0 Å². The van der Waals surface area contributed by atoms with Crippen molar-refractivity contribution >= 4 is 0 Å². The van der Waals surface area contributed by atoms with Gasteiger partial charge < -0.3 is 15.2 Å². The Hall–Kier alpha value is -0.900. The first-order valence-electron chi connectivity index (χ1n) is 6.54. The van der Waals surface area contributed by atoms with Gasteiger partial charge in [-0.3, -0.25) is 0 Å². The second-order valence-electron chi connectivity index (χ2n) is 5.52. The summed E-state index contributed by atoms with van der Waals surface area (Å²) in [5, 5.41) is 13.0. The van der Waals surface area contributed by atoms with E-state index in [0.717, 1.165) is 13.0 Å². The molecule has 0 aliphatic rings. The number of nitrogens with one attached hydrogen (secondary N) is 1. The summed E-state index contributed by atoms with van der Waals surface area (Å²) in [5.74, 6) is 0. The Morgan fingerprint density at radius 2 is 1.89 bits per heavy atom. The Balaban J connectivity index is 2.07. The van der Waals surface area contributed by atoms with E-state index < -0.39 is 6.10 Å². The molecule has 0 saturated heterocycles. The maximum absolute atomic E-state index is 9.72. The van der Waals surface area contributed by atoms with Crippen molar-refractivity contribution in [3.05, 3.63) is 35.9 Å². The van der Waals surface area contributed by atoms with Gasteiger partial charge in [0.2, 0.25) is 0 Å². The summed E-state index contributed by atoms with van der Waals surface area (Å²) < 4.78 is 5.52. The molecule has 1 aromatic rings. The zero-order valence-corrected chi connectivity index (χ0v) is 11.6. The first-order valence-corrected chi connectivity index (χ1v) is 6.54. The van der Waals surface area contributed by atoms with Crippen LogP contribution >= 0.6 is 0 Å². The largest absolute Gasteiger partial charge is 0.389 e. The Morgan fingerprint density at radius 3 is 2.50 bits per heavy atom. The molecule has 0 aliphatic carbocycles. The summed E-state index contributed by atoms with van der Waals surface area (Å²) in [6.07, 6.45) is 0.535. The van der Waals surface area contributed by atoms with Crippen molar-refractivity contribution in [2.45, 2.75) is 38.9 Å². The maximum atomic E-state index is 9.72. The topological polar surface area (TPSA) is 41.5 Å². The number of rotatable bonds is 7. The van der Waals surface area contributed by atoms with E-state index in [9.17, 15) is 5.11 Å². The molecule has 0 spiro atoms. The lowest BCUT2D eigenvalue weighted by Gasteiger charge is -2.22. The van der Waals surface area contributed by atoms with Crippen molar-refractivity contribution in [1.82, 2.24) is 5.32 Å². The van der Waals surface area contributed by atoms with Gasteiger partial charge in [0.25, 0.3) is 0 Å². The molecule has 1 aromatic carbocycles. The molecule has 1 rings (SSSR count). The SMILES string of the molecule is CC(C)(C)OCC(O)CNCCc1ccccc1. The van der Waals surface area contributed by atoms with Crippen LogP contribution in [0.25, 0.3) is 0 Å². The molecule has 3 heteroatoms. The highest BCUT2D eigenvalue weighted by atomic mass is 16.5. The van der Waals surface area contributed by atoms with Crippen molar-refractivity contribution in [2.24, 2.45) is 0 Å². The Kier molecular flexibility index (Phi) is 6.33. The summed E-state index contributed by atoms with van der Waals surface area (Å²) in [5.41, 5.74) is 1.12. The minimum Gasteiger partial charge on any atom is -0.389 e. The van der Waals surface area contributed by atoms with Crippen LogP contribution in [0.3, 0.4) is 0 Å². The van der Waals surface area contributed by atoms with E-state index in [2.05, 4.69) is 17.4 Å². The lowest BCUT2D eigenvalue weighted by Crippen LogP contribution is -2.34. The Labute approximate surface area is 110 Å². The molecule has 18 heavy (non-hydrogen) atoms. The average Bonchev–Trinajstić information content (AvgIpc) is 2.33. The highest BCUT2D eigenvalue weighted by Crippen LogP contribution is 2.06. The monoisotopic (exact) mass is 251 g/mol. The molecule has 102 valence electrons. The van der Waals surface area contributed by atoms with Gasteiger partial charge in [0.1, 0.15) is 0 Å². The van der Waals surface area contributed by atoms with Crippen LogP contribution in [-0.4, -0.2) is 36.5 Å². The van der Waals surface area contributed by atoms with Gasteiger partial charge in [0, 0.05) is 6.54 Å². The molecule has 0 aliphatic heterocycles. The maximum Gasteiger partial charge on any atom is 0.0897 e. The van der Waals surface area contributed by atoms with Crippen LogP contribution < -0.4 is 5.32 Å². The van der Waals surface area contributed by atoms with Gasteiger partial charge in [0.05, 0.1) is 18.3 Å². The third kappa shape index (κ3) is 7.43. The van der Waals surface area contributed by atoms with Gasteiger partial charge in [0.15, 0.2) is 0 Å². The highest BCUT2D eigenvalue weighted by molar-refractivity contribution is 5.14. The molecule has 0 radical (unpaired) electrons. The predicted molar refractivity (Wildman–Crippen MR) is 74.7 cm³/mol. The Bertz CT molecular complexity index is 319. The second kappa shape index (κ2) is 7.52. The lowest BCUT2D eigenvalue weighted by atomic mass is 10.1. The van der Waals surface area contributed by atoms with Crippen molar-refractivity contribution in [3.8, 4) is 0 Å². The molecule has 0 amide bonds. The van der Waals surface area contributed by atoms with Crippen LogP contribution in [0.4, 0.5) is 0 Å². The highest BCUT2D eigenvalue weighted by Gasteiger charge is 2.13. The number of aliphatic hydroxyl groups excluding tert-OH is 1. The fourth-order valence-electron chi connectivity index (χ4n) is 1.55. The summed E-state index contributed by atoms with van der Waals surface area (Å²) in [6.45, 7) is 7.79. The van der Waals surface area contributed by atoms with E-state index in [-0.39, 0.29) is 5.60 Å². The lowest BCUT2D eigenvalue weighted by molar-refractivity contribution is -0.0477. The van der Waals surface area contributed by atoms with Gasteiger partial charge in [-0.15, -0.1) is 0 Å². The zero-order valence-electron chi connectivity index (χ0n) is 11.6. The molecule has 0 fully saturated rings. The van der Waals surface area contributed by atoms with Crippen LogP contribution in [0, 0.1) is 0 Å². The summed E-state index contributed by atoms with van der Waals surface area (Å²) in [6, 6.07) is 10.3. The predicted octanol–water partition coefficient (Wildman–Crippen LogP) is 1.99. The number of hydrogen-bond acceptors (Lipinski definition) is 3. The second-order valence-corrected chi connectivity index (χ2v) is 5.52. The summed E-state index contributed by atoms with van der Waals surface area (Å²) in [7, 11) is 0. The van der Waals surface area contributed by atoms with Crippen LogP contribution in [0.15, 0.2) is 30.3 Å². The van der Waals surface area contributed by atoms with Gasteiger partial charge >= 0.3 is 0 Å². The number of hydrogen-bond donors (Lipinski definition) is 2. The van der Waals surface area contributed by atoms with E-state index in [1.165, 1.54) is 5.56 Å². The van der Waals surface area contributed by atoms with E-state index in [1.54, 1.807) is 0 Å². The fraction of sp³-hybridized carbons (Fsp3) is 0.600. The van der Waals surface area contributed by atoms with E-state index >= 15 is 0 Å². The summed E-state index contributed by atoms with van der Waals surface area (Å²) >= 11 is 0. The molecule has 1 unspecified atom stereocenters. The number of aliphatic hydroxyl groups is 1. The Morgan fingerprint density at radius 1 is 1.22 bits per heavy atom. The van der Waals surface area contributed by atoms with Crippen LogP contribution in [0.1, 0.15) is 26.3 Å². The van der Waals surface area contributed by atoms with Crippen molar-refractivity contribution in [3.63, 3.8) is 0 Å². The molecule has 0 aromatic heterocycles. The molecule has 0 heterocycles. The third-order valence-electron chi connectivity index (χ3n) is 2.52. The zero-order chi connectivity index (χ0) is 13.4. The first kappa shape index (κ1) is 15.2. The molecular formula is C15H25NO2. The van der Waals surface area contributed by atoms with Crippen molar-refractivity contribution in [2.75, 3.05) is 19.7 Å². The average molecular weight is 251 g/mol. The van der Waals surface area contributed by atoms with Crippen LogP contribution in [0.5, 0.6) is 0 Å². The third-order valence-corrected chi connectivity index (χ3v) is 2.52. The number of ether oxygens (including phenoxy) is 1. The number of benzene rings is 1. The quantitative estimate of drug-likeness (QED) is 0.728. The molecular weight excluding hydrogens is 226 g/mol. The normalized spacial score (nSPS) is 13.6. The van der Waals surface area contributed by atoms with Crippen LogP contribution in [-0.2, 0) is 11.2 Å². The van der Waals surface area contributed by atoms with E-state index in [1.807, 2.05) is 39.0 Å². The standard InChI is InChI=1S/C15H25NO2/c1-15(2,3)18-12-14(17)11-16-10-9-13-7-5-4-6-8-13/h4-8,14,16-17H,9-12H2,1-3H3. The van der Waals surface area contributed by atoms with Gasteiger partial charge in [-0.1, -0.05) is 30.3 Å². The molecule has 0 bridgehead atoms. The molecule has 1 atom stereocenters. The fourth-order valence-corrected chi connectivity index (χ4v) is 1.55. The van der Waals surface area contributed by atoms with Gasteiger partial charge in [-0.2, -0.15) is 0 Å². The van der Waals surface area contributed by atoms with Crippen molar-refractivity contribution in [1.29, 1.82) is 0 Å². The van der Waals surface area contributed by atoms with Gasteiger partial charge in [-0.25, -0.2) is 0 Å².